The van der Waals surface area contributed by atoms with Crippen molar-refractivity contribution in [2.45, 2.75) is 50.7 Å². The Bertz CT molecular complexity index is 761. The molecule has 0 radical (unpaired) electrons. The third-order valence-corrected chi connectivity index (χ3v) is 7.14. The van der Waals surface area contributed by atoms with Crippen LogP contribution in [0.3, 0.4) is 0 Å². The molecule has 1 aliphatic carbocycles. The van der Waals surface area contributed by atoms with Gasteiger partial charge in [-0.2, -0.15) is 0 Å². The van der Waals surface area contributed by atoms with Crippen LogP contribution in [0.2, 0.25) is 0 Å². The molecule has 0 N–H and O–H groups in total. The van der Waals surface area contributed by atoms with Gasteiger partial charge in [-0.1, -0.05) is 49.2 Å². The predicted molar refractivity (Wildman–Crippen MR) is 97.1 cm³/mol. The van der Waals surface area contributed by atoms with E-state index in [2.05, 4.69) is 0 Å². The van der Waals surface area contributed by atoms with E-state index in [0.29, 0.717) is 19.3 Å². The second kappa shape index (κ2) is 9.05. The highest BCUT2D eigenvalue weighted by molar-refractivity contribution is 7.54. The van der Waals surface area contributed by atoms with Gasteiger partial charge in [-0.15, -0.1) is 0 Å². The molecule has 3 rings (SSSR count). The average Bonchev–Trinajstić information content (AvgIpc) is 2.67. The Labute approximate surface area is 157 Å². The molecule has 1 aliphatic rings. The van der Waals surface area contributed by atoms with Gasteiger partial charge in [-0.25, -0.2) is 13.2 Å². The second-order valence-electron chi connectivity index (χ2n) is 6.64. The Balaban J connectivity index is 1.78. The normalized spacial score (nSPS) is 20.6. The molecule has 1 saturated carbocycles. The first kappa shape index (κ1) is 20.1. The zero-order chi connectivity index (χ0) is 19.3. The zero-order valence-electron chi connectivity index (χ0n) is 14.8. The molecular weight excluding hydrogens is 376 g/mol. The molecule has 146 valence electrons. The Kier molecular flexibility index (Phi) is 6.74. The summed E-state index contributed by atoms with van der Waals surface area (Å²) in [5, 5.41) is 0. The summed E-state index contributed by atoms with van der Waals surface area (Å²) in [5.41, 5.74) is -0.512. The summed E-state index contributed by atoms with van der Waals surface area (Å²) in [7, 11) is -3.93. The standard InChI is InChI=1S/C20H22F3O3P/c21-17-9-3-1-7-15(17)13-25-27(24,20-12-6-5-11-19(20)23)26-14-16-8-2-4-10-18(16)22/h1-4,7-10,19-20H,5-6,11-14H2. The minimum absolute atomic E-state index is 0.207. The summed E-state index contributed by atoms with van der Waals surface area (Å²) in [5.74, 6) is -1.00. The van der Waals surface area contributed by atoms with Crippen molar-refractivity contribution in [1.29, 1.82) is 0 Å². The molecule has 2 aromatic carbocycles. The van der Waals surface area contributed by atoms with Crippen LogP contribution in [0.5, 0.6) is 0 Å². The Morgan fingerprint density at radius 3 is 1.81 bits per heavy atom. The van der Waals surface area contributed by atoms with Crippen LogP contribution in [-0.4, -0.2) is 11.8 Å². The minimum atomic E-state index is -3.93. The topological polar surface area (TPSA) is 35.5 Å². The van der Waals surface area contributed by atoms with Crippen LogP contribution < -0.4 is 0 Å². The summed E-state index contributed by atoms with van der Waals surface area (Å²) in [6.45, 7) is -0.602. The van der Waals surface area contributed by atoms with Crippen LogP contribution in [0.25, 0.3) is 0 Å². The lowest BCUT2D eigenvalue weighted by Gasteiger charge is -2.32. The summed E-state index contributed by atoms with van der Waals surface area (Å²) >= 11 is 0. The van der Waals surface area contributed by atoms with Crippen molar-refractivity contribution in [1.82, 2.24) is 0 Å². The van der Waals surface area contributed by atoms with Crippen LogP contribution in [-0.2, 0) is 26.8 Å². The molecule has 3 nitrogen and oxygen atoms in total. The van der Waals surface area contributed by atoms with E-state index in [-0.39, 0.29) is 30.8 Å². The van der Waals surface area contributed by atoms with E-state index in [0.717, 1.165) is 0 Å². The number of halogens is 3. The number of rotatable bonds is 7. The summed E-state index contributed by atoms with van der Waals surface area (Å²) in [6, 6.07) is 11.9. The predicted octanol–water partition coefficient (Wildman–Crippen LogP) is 6.17. The fourth-order valence-electron chi connectivity index (χ4n) is 3.20. The zero-order valence-corrected chi connectivity index (χ0v) is 15.7. The molecule has 2 unspecified atom stereocenters. The van der Waals surface area contributed by atoms with Gasteiger partial charge in [-0.05, 0) is 25.0 Å². The summed E-state index contributed by atoms with van der Waals surface area (Å²) < 4.78 is 66.6. The summed E-state index contributed by atoms with van der Waals surface area (Å²) in [4.78, 5) is 0. The smallest absolute Gasteiger partial charge is 0.303 e. The third-order valence-electron chi connectivity index (χ3n) is 4.77. The second-order valence-corrected chi connectivity index (χ2v) is 8.90. The molecule has 1 fully saturated rings. The van der Waals surface area contributed by atoms with Crippen LogP contribution in [0.4, 0.5) is 13.2 Å². The van der Waals surface area contributed by atoms with Gasteiger partial charge >= 0.3 is 7.60 Å². The number of hydrogen-bond donors (Lipinski definition) is 0. The molecule has 0 spiro atoms. The highest BCUT2D eigenvalue weighted by atomic mass is 31.2. The third kappa shape index (κ3) is 5.01. The maximum Gasteiger partial charge on any atom is 0.337 e. The van der Waals surface area contributed by atoms with Crippen molar-refractivity contribution in [3.63, 3.8) is 0 Å². The van der Waals surface area contributed by atoms with Crippen molar-refractivity contribution < 1.29 is 26.8 Å². The Morgan fingerprint density at radius 1 is 0.852 bits per heavy atom. The lowest BCUT2D eigenvalue weighted by molar-refractivity contribution is 0.153. The molecule has 0 aliphatic heterocycles. The minimum Gasteiger partial charge on any atom is -0.303 e. The summed E-state index contributed by atoms with van der Waals surface area (Å²) in [6.07, 6.45) is 0.721. The van der Waals surface area contributed by atoms with Gasteiger partial charge in [0.05, 0.1) is 18.9 Å². The largest absolute Gasteiger partial charge is 0.337 e. The van der Waals surface area contributed by atoms with Gasteiger partial charge < -0.3 is 9.05 Å². The van der Waals surface area contributed by atoms with Crippen LogP contribution in [0.1, 0.15) is 36.8 Å². The van der Waals surface area contributed by atoms with Crippen LogP contribution >= 0.6 is 7.60 Å². The lowest BCUT2D eigenvalue weighted by atomic mass is 9.98. The Morgan fingerprint density at radius 2 is 1.33 bits per heavy atom. The van der Waals surface area contributed by atoms with E-state index in [1.807, 2.05) is 0 Å². The van der Waals surface area contributed by atoms with E-state index in [1.54, 1.807) is 12.1 Å². The van der Waals surface area contributed by atoms with E-state index in [4.69, 9.17) is 9.05 Å². The maximum absolute atomic E-state index is 14.5. The van der Waals surface area contributed by atoms with Crippen LogP contribution in [0, 0.1) is 11.6 Å². The molecule has 7 heteroatoms. The van der Waals surface area contributed by atoms with E-state index >= 15 is 0 Å². The average molecular weight is 398 g/mol. The van der Waals surface area contributed by atoms with E-state index in [9.17, 15) is 17.7 Å². The SMILES string of the molecule is O=P(OCc1ccccc1F)(OCc1ccccc1F)C1CCCCC1F. The highest BCUT2D eigenvalue weighted by Gasteiger charge is 2.43. The van der Waals surface area contributed by atoms with Crippen molar-refractivity contribution in [3.8, 4) is 0 Å². The van der Waals surface area contributed by atoms with Gasteiger partial charge in [0.2, 0.25) is 0 Å². The van der Waals surface area contributed by atoms with E-state index in [1.165, 1.54) is 36.4 Å². The monoisotopic (exact) mass is 398 g/mol. The number of alkyl halides is 1. The molecule has 0 heterocycles. The van der Waals surface area contributed by atoms with Gasteiger partial charge in [0, 0.05) is 11.1 Å². The quantitative estimate of drug-likeness (QED) is 0.523. The molecular formula is C20H22F3O3P. The molecule has 0 amide bonds. The fraction of sp³-hybridized carbons (Fsp3) is 0.400. The first-order valence-electron chi connectivity index (χ1n) is 8.99. The Hall–Kier alpha value is -1.62. The molecule has 27 heavy (non-hydrogen) atoms. The molecule has 0 saturated heterocycles. The van der Waals surface area contributed by atoms with Gasteiger partial charge in [-0.3, -0.25) is 4.57 Å². The number of hydrogen-bond acceptors (Lipinski definition) is 3. The molecule has 0 aromatic heterocycles. The maximum atomic E-state index is 14.5. The van der Waals surface area contributed by atoms with Crippen molar-refractivity contribution in [2.24, 2.45) is 0 Å². The first-order valence-corrected chi connectivity index (χ1v) is 10.6. The van der Waals surface area contributed by atoms with Crippen molar-refractivity contribution >= 4 is 7.60 Å². The van der Waals surface area contributed by atoms with Gasteiger partial charge in [0.1, 0.15) is 17.8 Å². The lowest BCUT2D eigenvalue weighted by Crippen LogP contribution is -2.28. The van der Waals surface area contributed by atoms with Gasteiger partial charge in [0.25, 0.3) is 0 Å². The molecule has 2 atom stereocenters. The van der Waals surface area contributed by atoms with Crippen molar-refractivity contribution in [2.75, 3.05) is 0 Å². The molecule has 2 aromatic rings. The highest BCUT2D eigenvalue weighted by Crippen LogP contribution is 2.59. The number of benzene rings is 2. The first-order chi connectivity index (χ1) is 13.0. The van der Waals surface area contributed by atoms with Crippen LogP contribution in [0.15, 0.2) is 48.5 Å². The molecule has 0 bridgehead atoms. The fourth-order valence-corrected chi connectivity index (χ4v) is 5.34. The van der Waals surface area contributed by atoms with Gasteiger partial charge in [0.15, 0.2) is 0 Å². The van der Waals surface area contributed by atoms with E-state index < -0.39 is 31.1 Å². The van der Waals surface area contributed by atoms with Crippen molar-refractivity contribution in [3.05, 3.63) is 71.3 Å².